The van der Waals surface area contributed by atoms with Gasteiger partial charge in [0.05, 0.1) is 17.7 Å². The Labute approximate surface area is 88.0 Å². The van der Waals surface area contributed by atoms with Crippen molar-refractivity contribution in [1.29, 1.82) is 5.26 Å². The van der Waals surface area contributed by atoms with Gasteiger partial charge >= 0.3 is 0 Å². The number of aliphatic hydroxyl groups is 3. The molecular weight excluding hydrogens is 194 g/mol. The number of nitriles is 1. The number of benzene rings is 1. The monoisotopic (exact) mass is 207 g/mol. The van der Waals surface area contributed by atoms with Gasteiger partial charge in [0.25, 0.3) is 0 Å². The summed E-state index contributed by atoms with van der Waals surface area (Å²) in [5.41, 5.74) is 0.915. The van der Waals surface area contributed by atoms with Crippen molar-refractivity contribution in [2.45, 2.75) is 18.6 Å². The molecule has 1 aromatic rings. The van der Waals surface area contributed by atoms with Gasteiger partial charge in [0.2, 0.25) is 0 Å². The molecule has 0 amide bonds. The fraction of sp³-hybridized carbons (Fsp3) is 0.364. The van der Waals surface area contributed by atoms with E-state index in [9.17, 15) is 10.2 Å². The largest absolute Gasteiger partial charge is 0.396 e. The average molecular weight is 207 g/mol. The Bertz CT molecular complexity index is 359. The molecule has 0 aromatic heterocycles. The van der Waals surface area contributed by atoms with Crippen LogP contribution in [-0.4, -0.2) is 28.0 Å². The predicted molar refractivity (Wildman–Crippen MR) is 53.8 cm³/mol. The Morgan fingerprint density at radius 2 is 2.07 bits per heavy atom. The SMILES string of the molecule is N#Cc1cccc(C(O)C(O)CCO)c1. The van der Waals surface area contributed by atoms with E-state index < -0.39 is 12.2 Å². The molecule has 0 aliphatic rings. The minimum Gasteiger partial charge on any atom is -0.396 e. The van der Waals surface area contributed by atoms with Crippen LogP contribution in [0.15, 0.2) is 24.3 Å². The summed E-state index contributed by atoms with van der Waals surface area (Å²) in [5, 5.41) is 36.4. The maximum atomic E-state index is 9.67. The summed E-state index contributed by atoms with van der Waals surface area (Å²) in [6.45, 7) is -0.184. The van der Waals surface area contributed by atoms with Crippen LogP contribution in [0.4, 0.5) is 0 Å². The molecule has 0 aliphatic carbocycles. The summed E-state index contributed by atoms with van der Waals surface area (Å²) in [4.78, 5) is 0. The number of rotatable bonds is 4. The summed E-state index contributed by atoms with van der Waals surface area (Å²) in [6.07, 6.45) is -1.97. The van der Waals surface area contributed by atoms with E-state index in [1.165, 1.54) is 6.07 Å². The van der Waals surface area contributed by atoms with Gasteiger partial charge in [-0.2, -0.15) is 5.26 Å². The van der Waals surface area contributed by atoms with Gasteiger partial charge in [-0.05, 0) is 24.1 Å². The van der Waals surface area contributed by atoms with Crippen LogP contribution in [-0.2, 0) is 0 Å². The van der Waals surface area contributed by atoms with Crippen LogP contribution in [0.3, 0.4) is 0 Å². The molecule has 1 rings (SSSR count). The summed E-state index contributed by atoms with van der Waals surface area (Å²) >= 11 is 0. The highest BCUT2D eigenvalue weighted by Gasteiger charge is 2.17. The van der Waals surface area contributed by atoms with Crippen LogP contribution in [0.25, 0.3) is 0 Å². The highest BCUT2D eigenvalue weighted by atomic mass is 16.3. The second kappa shape index (κ2) is 5.47. The lowest BCUT2D eigenvalue weighted by Crippen LogP contribution is -2.19. The maximum Gasteiger partial charge on any atom is 0.105 e. The first kappa shape index (κ1) is 11.7. The van der Waals surface area contributed by atoms with Crippen LogP contribution in [0.1, 0.15) is 23.7 Å². The third-order valence-electron chi connectivity index (χ3n) is 2.15. The Morgan fingerprint density at radius 3 is 2.67 bits per heavy atom. The predicted octanol–water partition coefficient (Wildman–Crippen LogP) is 0.335. The number of hydrogen-bond acceptors (Lipinski definition) is 4. The first-order valence-electron chi connectivity index (χ1n) is 4.66. The Balaban J connectivity index is 2.82. The highest BCUT2D eigenvalue weighted by Crippen LogP contribution is 2.19. The smallest absolute Gasteiger partial charge is 0.105 e. The average Bonchev–Trinajstić information content (AvgIpc) is 2.28. The van der Waals surface area contributed by atoms with Gasteiger partial charge < -0.3 is 15.3 Å². The molecule has 0 radical (unpaired) electrons. The zero-order valence-corrected chi connectivity index (χ0v) is 8.17. The minimum absolute atomic E-state index is 0.109. The second-order valence-corrected chi connectivity index (χ2v) is 3.26. The normalized spacial score (nSPS) is 14.3. The molecule has 15 heavy (non-hydrogen) atoms. The standard InChI is InChI=1S/C11H13NO3/c12-7-8-2-1-3-9(6-8)11(15)10(14)4-5-13/h1-3,6,10-11,13-15H,4-5H2. The molecule has 0 heterocycles. The summed E-state index contributed by atoms with van der Waals surface area (Å²) < 4.78 is 0. The molecule has 0 spiro atoms. The van der Waals surface area contributed by atoms with E-state index in [-0.39, 0.29) is 13.0 Å². The van der Waals surface area contributed by atoms with Crippen LogP contribution in [0.2, 0.25) is 0 Å². The fourth-order valence-corrected chi connectivity index (χ4v) is 1.30. The van der Waals surface area contributed by atoms with Gasteiger partial charge in [0.1, 0.15) is 6.10 Å². The molecule has 4 nitrogen and oxygen atoms in total. The van der Waals surface area contributed by atoms with Crippen LogP contribution < -0.4 is 0 Å². The van der Waals surface area contributed by atoms with E-state index in [4.69, 9.17) is 10.4 Å². The van der Waals surface area contributed by atoms with Crippen molar-refractivity contribution >= 4 is 0 Å². The fourth-order valence-electron chi connectivity index (χ4n) is 1.30. The van der Waals surface area contributed by atoms with E-state index in [0.29, 0.717) is 11.1 Å². The maximum absolute atomic E-state index is 9.67. The molecule has 0 saturated carbocycles. The third kappa shape index (κ3) is 3.03. The molecule has 2 unspecified atom stereocenters. The quantitative estimate of drug-likeness (QED) is 0.664. The van der Waals surface area contributed by atoms with Crippen molar-refractivity contribution in [2.75, 3.05) is 6.61 Å². The Hall–Kier alpha value is -1.41. The summed E-state index contributed by atoms with van der Waals surface area (Å²) in [7, 11) is 0. The first-order chi connectivity index (χ1) is 7.19. The van der Waals surface area contributed by atoms with Crippen LogP contribution in [0.5, 0.6) is 0 Å². The zero-order chi connectivity index (χ0) is 11.3. The highest BCUT2D eigenvalue weighted by molar-refractivity contribution is 5.34. The Kier molecular flexibility index (Phi) is 4.25. The molecule has 80 valence electrons. The minimum atomic E-state index is -1.06. The molecule has 0 saturated heterocycles. The van der Waals surface area contributed by atoms with Crippen LogP contribution >= 0.6 is 0 Å². The van der Waals surface area contributed by atoms with E-state index in [1.807, 2.05) is 6.07 Å². The molecule has 3 N–H and O–H groups in total. The Morgan fingerprint density at radius 1 is 1.33 bits per heavy atom. The van der Waals surface area contributed by atoms with Gasteiger partial charge in [-0.3, -0.25) is 0 Å². The molecule has 0 bridgehead atoms. The lowest BCUT2D eigenvalue weighted by atomic mass is 10.0. The number of aliphatic hydroxyl groups excluding tert-OH is 3. The van der Waals surface area contributed by atoms with E-state index >= 15 is 0 Å². The van der Waals surface area contributed by atoms with Crippen LogP contribution in [0, 0.1) is 11.3 Å². The molecule has 2 atom stereocenters. The molecule has 0 fully saturated rings. The molecular formula is C11H13NO3. The van der Waals surface area contributed by atoms with Gasteiger partial charge in [-0.1, -0.05) is 12.1 Å². The van der Waals surface area contributed by atoms with Crippen molar-refractivity contribution in [3.8, 4) is 6.07 Å². The van der Waals surface area contributed by atoms with Crippen molar-refractivity contribution in [2.24, 2.45) is 0 Å². The van der Waals surface area contributed by atoms with E-state index in [1.54, 1.807) is 18.2 Å². The van der Waals surface area contributed by atoms with E-state index in [0.717, 1.165) is 0 Å². The van der Waals surface area contributed by atoms with E-state index in [2.05, 4.69) is 0 Å². The molecule has 1 aromatic carbocycles. The molecule has 0 aliphatic heterocycles. The van der Waals surface area contributed by atoms with Gasteiger partial charge in [-0.25, -0.2) is 0 Å². The van der Waals surface area contributed by atoms with Crippen molar-refractivity contribution < 1.29 is 15.3 Å². The lowest BCUT2D eigenvalue weighted by molar-refractivity contribution is 0.00421. The van der Waals surface area contributed by atoms with Crippen molar-refractivity contribution in [3.05, 3.63) is 35.4 Å². The summed E-state index contributed by atoms with van der Waals surface area (Å²) in [6, 6.07) is 8.36. The molecule has 4 heteroatoms. The number of hydrogen-bond donors (Lipinski definition) is 3. The lowest BCUT2D eigenvalue weighted by Gasteiger charge is -2.17. The van der Waals surface area contributed by atoms with Gasteiger partial charge in [0, 0.05) is 6.61 Å². The topological polar surface area (TPSA) is 84.5 Å². The van der Waals surface area contributed by atoms with Gasteiger partial charge in [0.15, 0.2) is 0 Å². The zero-order valence-electron chi connectivity index (χ0n) is 8.17. The second-order valence-electron chi connectivity index (χ2n) is 3.26. The number of nitrogens with zero attached hydrogens (tertiary/aromatic N) is 1. The first-order valence-corrected chi connectivity index (χ1v) is 4.66. The van der Waals surface area contributed by atoms with Crippen molar-refractivity contribution in [1.82, 2.24) is 0 Å². The van der Waals surface area contributed by atoms with Crippen molar-refractivity contribution in [3.63, 3.8) is 0 Å². The summed E-state index contributed by atoms with van der Waals surface area (Å²) in [5.74, 6) is 0. The third-order valence-corrected chi connectivity index (χ3v) is 2.15. The van der Waals surface area contributed by atoms with Gasteiger partial charge in [-0.15, -0.1) is 0 Å².